The van der Waals surface area contributed by atoms with Gasteiger partial charge in [0.05, 0.1) is 5.60 Å². The zero-order chi connectivity index (χ0) is 8.36. The van der Waals surface area contributed by atoms with E-state index in [2.05, 4.69) is 27.7 Å². The van der Waals surface area contributed by atoms with Crippen LogP contribution in [-0.2, 0) is 0 Å². The molecule has 10 heavy (non-hydrogen) atoms. The Morgan fingerprint density at radius 1 is 1.30 bits per heavy atom. The molecule has 0 aliphatic rings. The van der Waals surface area contributed by atoms with Crippen molar-refractivity contribution in [3.05, 3.63) is 0 Å². The van der Waals surface area contributed by atoms with Gasteiger partial charge in [0.2, 0.25) is 0 Å². The third-order valence-corrected chi connectivity index (χ3v) is 2.78. The minimum Gasteiger partial charge on any atom is -0.390 e. The lowest BCUT2D eigenvalue weighted by molar-refractivity contribution is -0.0366. The predicted octanol–water partition coefficient (Wildman–Crippen LogP) is 2.44. The number of aliphatic hydroxyl groups is 1. The molecule has 1 heteroatoms. The van der Waals surface area contributed by atoms with Crippen molar-refractivity contribution in [2.24, 2.45) is 11.8 Å². The van der Waals surface area contributed by atoms with Gasteiger partial charge in [0.1, 0.15) is 0 Å². The summed E-state index contributed by atoms with van der Waals surface area (Å²) in [4.78, 5) is 0. The Labute approximate surface area is 64.5 Å². The van der Waals surface area contributed by atoms with E-state index in [1.165, 1.54) is 0 Å². The van der Waals surface area contributed by atoms with Crippen molar-refractivity contribution in [2.75, 3.05) is 0 Å². The molecule has 62 valence electrons. The number of rotatable bonds is 3. The van der Waals surface area contributed by atoms with E-state index in [4.69, 9.17) is 0 Å². The lowest BCUT2D eigenvalue weighted by Crippen LogP contribution is -2.37. The molecule has 0 radical (unpaired) electrons. The highest BCUT2D eigenvalue weighted by Gasteiger charge is 2.30. The first kappa shape index (κ1) is 9.96. The molecule has 0 heterocycles. The summed E-state index contributed by atoms with van der Waals surface area (Å²) in [6.45, 7) is 10.3. The molecule has 0 aliphatic heterocycles. The Morgan fingerprint density at radius 2 is 1.70 bits per heavy atom. The quantitative estimate of drug-likeness (QED) is 0.645. The van der Waals surface area contributed by atoms with Crippen LogP contribution >= 0.6 is 0 Å². The van der Waals surface area contributed by atoms with Crippen LogP contribution < -0.4 is 0 Å². The molecule has 0 aromatic rings. The minimum atomic E-state index is -0.491. The van der Waals surface area contributed by atoms with Crippen LogP contribution in [0.15, 0.2) is 0 Å². The molecule has 0 aromatic heterocycles. The summed E-state index contributed by atoms with van der Waals surface area (Å²) in [6, 6.07) is 0. The van der Waals surface area contributed by atoms with Crippen LogP contribution in [-0.4, -0.2) is 10.7 Å². The van der Waals surface area contributed by atoms with Crippen molar-refractivity contribution in [1.82, 2.24) is 0 Å². The summed E-state index contributed by atoms with van der Waals surface area (Å²) in [6.07, 6.45) is 1.05. The molecule has 0 aliphatic carbocycles. The summed E-state index contributed by atoms with van der Waals surface area (Å²) in [5.74, 6) is 0.745. The number of hydrogen-bond donors (Lipinski definition) is 1. The zero-order valence-corrected chi connectivity index (χ0v) is 7.81. The summed E-state index contributed by atoms with van der Waals surface area (Å²) in [7, 11) is 0. The van der Waals surface area contributed by atoms with E-state index in [0.29, 0.717) is 11.8 Å². The van der Waals surface area contributed by atoms with Crippen LogP contribution in [0.1, 0.15) is 41.0 Å². The molecule has 1 unspecified atom stereocenters. The van der Waals surface area contributed by atoms with Gasteiger partial charge in [-0.15, -0.1) is 0 Å². The summed E-state index contributed by atoms with van der Waals surface area (Å²) < 4.78 is 0. The van der Waals surface area contributed by atoms with Crippen LogP contribution in [0.25, 0.3) is 0 Å². The highest BCUT2D eigenvalue weighted by atomic mass is 16.3. The third kappa shape index (κ3) is 1.98. The molecule has 0 fully saturated rings. The van der Waals surface area contributed by atoms with Gasteiger partial charge in [-0.3, -0.25) is 0 Å². The second kappa shape index (κ2) is 3.38. The fourth-order valence-corrected chi connectivity index (χ4v) is 0.982. The maximum atomic E-state index is 9.86. The first-order chi connectivity index (χ1) is 4.42. The largest absolute Gasteiger partial charge is 0.390 e. The molecule has 0 aromatic carbocycles. The monoisotopic (exact) mass is 144 g/mol. The highest BCUT2D eigenvalue weighted by molar-refractivity contribution is 4.81. The molecule has 0 saturated carbocycles. The van der Waals surface area contributed by atoms with Crippen LogP contribution in [0.3, 0.4) is 0 Å². The van der Waals surface area contributed by atoms with Gasteiger partial charge in [-0.1, -0.05) is 34.1 Å². The van der Waals surface area contributed by atoms with Gasteiger partial charge in [-0.2, -0.15) is 0 Å². The van der Waals surface area contributed by atoms with E-state index in [1.54, 1.807) is 0 Å². The van der Waals surface area contributed by atoms with E-state index in [-0.39, 0.29) is 0 Å². The maximum absolute atomic E-state index is 9.86. The second-order valence-electron chi connectivity index (χ2n) is 3.69. The second-order valence-corrected chi connectivity index (χ2v) is 3.69. The van der Waals surface area contributed by atoms with Crippen molar-refractivity contribution < 1.29 is 5.11 Å². The van der Waals surface area contributed by atoms with Crippen LogP contribution in [0.5, 0.6) is 0 Å². The first-order valence-electron chi connectivity index (χ1n) is 4.15. The Balaban J connectivity index is 4.09. The molecule has 0 amide bonds. The Bertz CT molecular complexity index is 94.9. The summed E-state index contributed by atoms with van der Waals surface area (Å²) in [5.41, 5.74) is -0.491. The van der Waals surface area contributed by atoms with E-state index in [9.17, 15) is 5.11 Å². The smallest absolute Gasteiger partial charge is 0.0667 e. The molecule has 0 saturated heterocycles. The van der Waals surface area contributed by atoms with Crippen LogP contribution in [0.2, 0.25) is 0 Å². The average Bonchev–Trinajstić information content (AvgIpc) is 1.86. The summed E-state index contributed by atoms with van der Waals surface area (Å²) in [5, 5.41) is 9.86. The van der Waals surface area contributed by atoms with Crippen molar-refractivity contribution in [2.45, 2.75) is 46.6 Å². The van der Waals surface area contributed by atoms with Gasteiger partial charge in [-0.25, -0.2) is 0 Å². The summed E-state index contributed by atoms with van der Waals surface area (Å²) >= 11 is 0. The lowest BCUT2D eigenvalue weighted by Gasteiger charge is -2.33. The van der Waals surface area contributed by atoms with Crippen molar-refractivity contribution >= 4 is 0 Å². The van der Waals surface area contributed by atoms with Gasteiger partial charge in [0.25, 0.3) is 0 Å². The van der Waals surface area contributed by atoms with Gasteiger partial charge in [0, 0.05) is 0 Å². The van der Waals surface area contributed by atoms with Crippen molar-refractivity contribution in [3.8, 4) is 0 Å². The molecule has 1 nitrogen and oxygen atoms in total. The van der Waals surface area contributed by atoms with Gasteiger partial charge < -0.3 is 5.11 Å². The van der Waals surface area contributed by atoms with E-state index >= 15 is 0 Å². The van der Waals surface area contributed by atoms with Crippen LogP contribution in [0, 0.1) is 11.8 Å². The Hall–Kier alpha value is -0.0400. The molecule has 0 spiro atoms. The fourth-order valence-electron chi connectivity index (χ4n) is 0.982. The fraction of sp³-hybridized carbons (Fsp3) is 1.00. The van der Waals surface area contributed by atoms with Gasteiger partial charge >= 0.3 is 0 Å². The number of hydrogen-bond acceptors (Lipinski definition) is 1. The normalized spacial score (nSPS) is 20.7. The molecule has 2 atom stereocenters. The predicted molar refractivity (Wildman–Crippen MR) is 44.9 cm³/mol. The van der Waals surface area contributed by atoms with Crippen LogP contribution in [0.4, 0.5) is 0 Å². The topological polar surface area (TPSA) is 20.2 Å². The lowest BCUT2D eigenvalue weighted by atomic mass is 9.80. The van der Waals surface area contributed by atoms with Gasteiger partial charge in [-0.05, 0) is 18.8 Å². The standard InChI is InChI=1S/C9H20O/c1-6-8(4)9(5,10)7(2)3/h7-8,10H,6H2,1-5H3/t8?,9-/m1/s1. The van der Waals surface area contributed by atoms with Gasteiger partial charge in [0.15, 0.2) is 0 Å². The first-order valence-corrected chi connectivity index (χ1v) is 4.15. The molecular weight excluding hydrogens is 124 g/mol. The third-order valence-electron chi connectivity index (χ3n) is 2.78. The Kier molecular flexibility index (Phi) is 3.37. The average molecular weight is 144 g/mol. The van der Waals surface area contributed by atoms with Crippen molar-refractivity contribution in [3.63, 3.8) is 0 Å². The minimum absolute atomic E-state index is 0.349. The zero-order valence-electron chi connectivity index (χ0n) is 7.81. The molecular formula is C9H20O. The van der Waals surface area contributed by atoms with E-state index < -0.39 is 5.60 Å². The molecule has 0 bridgehead atoms. The van der Waals surface area contributed by atoms with E-state index in [1.807, 2.05) is 6.92 Å². The maximum Gasteiger partial charge on any atom is 0.0667 e. The van der Waals surface area contributed by atoms with E-state index in [0.717, 1.165) is 6.42 Å². The molecule has 0 rings (SSSR count). The molecule has 1 N–H and O–H groups in total. The SMILES string of the molecule is CCC(C)[C@](C)(O)C(C)C. The Morgan fingerprint density at radius 3 is 1.80 bits per heavy atom. The van der Waals surface area contributed by atoms with Crippen molar-refractivity contribution in [1.29, 1.82) is 0 Å². The highest BCUT2D eigenvalue weighted by Crippen LogP contribution is 2.27.